The van der Waals surface area contributed by atoms with E-state index in [0.29, 0.717) is 0 Å². The lowest BCUT2D eigenvalue weighted by Gasteiger charge is -2.31. The molecule has 106 valence electrons. The highest BCUT2D eigenvalue weighted by atomic mass is 32.2. The van der Waals surface area contributed by atoms with Gasteiger partial charge in [0.1, 0.15) is 9.84 Å². The molecule has 1 fully saturated rings. The molecule has 0 spiro atoms. The Bertz CT molecular complexity index is 479. The summed E-state index contributed by atoms with van der Waals surface area (Å²) in [5.41, 5.74) is 1.13. The van der Waals surface area contributed by atoms with Gasteiger partial charge in [-0.05, 0) is 38.1 Å². The molecule has 0 saturated carbocycles. The van der Waals surface area contributed by atoms with Crippen LogP contribution in [0.2, 0.25) is 0 Å². The Hall–Kier alpha value is -1.07. The lowest BCUT2D eigenvalue weighted by molar-refractivity contribution is 0.238. The monoisotopic (exact) mass is 282 g/mol. The van der Waals surface area contributed by atoms with Crippen LogP contribution in [0.4, 0.5) is 5.69 Å². The maximum Gasteiger partial charge on any atom is 0.150 e. The summed E-state index contributed by atoms with van der Waals surface area (Å²) in [6, 6.07) is 10.1. The molecule has 0 aliphatic carbocycles. The highest BCUT2D eigenvalue weighted by Crippen LogP contribution is 2.16. The number of benzene rings is 1. The van der Waals surface area contributed by atoms with Crippen molar-refractivity contribution in [1.29, 1.82) is 0 Å². The highest BCUT2D eigenvalue weighted by Gasteiger charge is 2.26. The van der Waals surface area contributed by atoms with Gasteiger partial charge < -0.3 is 10.2 Å². The molecule has 1 saturated heterocycles. The number of nitrogens with one attached hydrogen (secondary N) is 1. The molecule has 19 heavy (non-hydrogen) atoms. The summed E-state index contributed by atoms with van der Waals surface area (Å²) in [5.74, 6) is 0. The molecule has 1 aromatic rings. The van der Waals surface area contributed by atoms with Gasteiger partial charge in [-0.2, -0.15) is 0 Å². The summed E-state index contributed by atoms with van der Waals surface area (Å²) in [4.78, 5) is 2.33. The van der Waals surface area contributed by atoms with Crippen molar-refractivity contribution in [3.8, 4) is 0 Å². The zero-order chi connectivity index (χ0) is 13.7. The van der Waals surface area contributed by atoms with Crippen molar-refractivity contribution in [3.05, 3.63) is 30.3 Å². The lowest BCUT2D eigenvalue weighted by atomic mass is 10.1. The molecule has 5 heteroatoms. The predicted octanol–water partition coefficient (Wildman–Crippen LogP) is 1.61. The Morgan fingerprint density at radius 1 is 1.21 bits per heavy atom. The van der Waals surface area contributed by atoms with Crippen LogP contribution in [-0.4, -0.2) is 51.0 Å². The van der Waals surface area contributed by atoms with Crippen LogP contribution < -0.4 is 5.32 Å². The van der Waals surface area contributed by atoms with Gasteiger partial charge in [-0.25, -0.2) is 8.42 Å². The second-order valence-electron chi connectivity index (χ2n) is 5.16. The van der Waals surface area contributed by atoms with Crippen LogP contribution in [0.3, 0.4) is 0 Å². The SMILES string of the molecule is CS(=O)(=O)C1CCN(CCNc2ccccc2)CC1. The number of piperidine rings is 1. The molecule has 1 N–H and O–H groups in total. The number of anilines is 1. The zero-order valence-electron chi connectivity index (χ0n) is 11.4. The molecule has 0 atom stereocenters. The maximum atomic E-state index is 11.5. The second-order valence-corrected chi connectivity index (χ2v) is 7.49. The fourth-order valence-corrected chi connectivity index (χ4v) is 3.54. The maximum absolute atomic E-state index is 11.5. The second kappa shape index (κ2) is 6.39. The third kappa shape index (κ3) is 4.51. The van der Waals surface area contributed by atoms with E-state index in [9.17, 15) is 8.42 Å². The van der Waals surface area contributed by atoms with E-state index in [4.69, 9.17) is 0 Å². The van der Waals surface area contributed by atoms with Crippen LogP contribution >= 0.6 is 0 Å². The molecule has 4 nitrogen and oxygen atoms in total. The van der Waals surface area contributed by atoms with E-state index in [1.54, 1.807) is 0 Å². The molecule has 1 heterocycles. The average molecular weight is 282 g/mol. The van der Waals surface area contributed by atoms with Gasteiger partial charge in [0.2, 0.25) is 0 Å². The van der Waals surface area contributed by atoms with Crippen molar-refractivity contribution < 1.29 is 8.42 Å². The van der Waals surface area contributed by atoms with E-state index in [-0.39, 0.29) is 5.25 Å². The van der Waals surface area contributed by atoms with Gasteiger partial charge in [-0.3, -0.25) is 0 Å². The third-order valence-corrected chi connectivity index (χ3v) is 5.35. The van der Waals surface area contributed by atoms with E-state index in [1.165, 1.54) is 6.26 Å². The smallest absolute Gasteiger partial charge is 0.150 e. The zero-order valence-corrected chi connectivity index (χ0v) is 12.2. The third-order valence-electron chi connectivity index (χ3n) is 3.67. The van der Waals surface area contributed by atoms with Gasteiger partial charge in [0.25, 0.3) is 0 Å². The molecule has 0 aromatic heterocycles. The number of rotatable bonds is 5. The Morgan fingerprint density at radius 2 is 1.84 bits per heavy atom. The minimum absolute atomic E-state index is 0.133. The Kier molecular flexibility index (Phi) is 4.82. The van der Waals surface area contributed by atoms with E-state index in [0.717, 1.165) is 44.7 Å². The first kappa shape index (κ1) is 14.3. The van der Waals surface area contributed by atoms with Crippen LogP contribution in [0.15, 0.2) is 30.3 Å². The molecule has 2 rings (SSSR count). The summed E-state index contributed by atoms with van der Waals surface area (Å²) in [6.45, 7) is 3.63. The van der Waals surface area contributed by atoms with E-state index in [1.807, 2.05) is 18.2 Å². The van der Waals surface area contributed by atoms with Crippen molar-refractivity contribution in [2.45, 2.75) is 18.1 Å². The number of hydrogen-bond donors (Lipinski definition) is 1. The Balaban J connectivity index is 1.69. The van der Waals surface area contributed by atoms with Gasteiger partial charge in [-0.15, -0.1) is 0 Å². The van der Waals surface area contributed by atoms with Crippen molar-refractivity contribution in [1.82, 2.24) is 4.90 Å². The topological polar surface area (TPSA) is 49.4 Å². The molecule has 0 unspecified atom stereocenters. The molecule has 0 amide bonds. The fourth-order valence-electron chi connectivity index (χ4n) is 2.48. The standard InChI is InChI=1S/C14H22N2O2S/c1-19(17,18)14-7-10-16(11-8-14)12-9-15-13-5-3-2-4-6-13/h2-6,14-15H,7-12H2,1H3. The molecule has 0 bridgehead atoms. The summed E-state index contributed by atoms with van der Waals surface area (Å²) < 4.78 is 22.9. The first-order chi connectivity index (χ1) is 9.05. The number of para-hydroxylation sites is 1. The molecular weight excluding hydrogens is 260 g/mol. The summed E-state index contributed by atoms with van der Waals surface area (Å²) in [7, 11) is -2.86. The van der Waals surface area contributed by atoms with Crippen LogP contribution in [0, 0.1) is 0 Å². The van der Waals surface area contributed by atoms with Crippen LogP contribution in [-0.2, 0) is 9.84 Å². The molecular formula is C14H22N2O2S. The van der Waals surface area contributed by atoms with E-state index < -0.39 is 9.84 Å². The van der Waals surface area contributed by atoms with Gasteiger partial charge in [0.05, 0.1) is 5.25 Å². The van der Waals surface area contributed by atoms with E-state index >= 15 is 0 Å². The van der Waals surface area contributed by atoms with Crippen LogP contribution in [0.5, 0.6) is 0 Å². The average Bonchev–Trinajstić information content (AvgIpc) is 2.39. The highest BCUT2D eigenvalue weighted by molar-refractivity contribution is 7.91. The van der Waals surface area contributed by atoms with Crippen molar-refractivity contribution in [3.63, 3.8) is 0 Å². The molecule has 0 radical (unpaired) electrons. The lowest BCUT2D eigenvalue weighted by Crippen LogP contribution is -2.40. The number of nitrogens with zero attached hydrogens (tertiary/aromatic N) is 1. The normalized spacial score (nSPS) is 18.4. The number of hydrogen-bond acceptors (Lipinski definition) is 4. The Morgan fingerprint density at radius 3 is 2.42 bits per heavy atom. The quantitative estimate of drug-likeness (QED) is 0.891. The largest absolute Gasteiger partial charge is 0.384 e. The van der Waals surface area contributed by atoms with Crippen molar-refractivity contribution in [2.75, 3.05) is 37.8 Å². The first-order valence-electron chi connectivity index (χ1n) is 6.76. The minimum atomic E-state index is -2.86. The van der Waals surface area contributed by atoms with Crippen molar-refractivity contribution >= 4 is 15.5 Å². The van der Waals surface area contributed by atoms with Crippen molar-refractivity contribution in [2.24, 2.45) is 0 Å². The summed E-state index contributed by atoms with van der Waals surface area (Å²) >= 11 is 0. The Labute approximate surface area is 115 Å². The fraction of sp³-hybridized carbons (Fsp3) is 0.571. The van der Waals surface area contributed by atoms with Gasteiger partial charge in [-0.1, -0.05) is 18.2 Å². The number of likely N-dealkylation sites (tertiary alicyclic amines) is 1. The summed E-state index contributed by atoms with van der Waals surface area (Å²) in [5, 5.41) is 3.24. The molecule has 1 aromatic carbocycles. The van der Waals surface area contributed by atoms with Gasteiger partial charge >= 0.3 is 0 Å². The van der Waals surface area contributed by atoms with Crippen LogP contribution in [0.25, 0.3) is 0 Å². The molecule has 1 aliphatic rings. The van der Waals surface area contributed by atoms with Gasteiger partial charge in [0.15, 0.2) is 0 Å². The first-order valence-corrected chi connectivity index (χ1v) is 8.71. The minimum Gasteiger partial charge on any atom is -0.384 e. The summed E-state index contributed by atoms with van der Waals surface area (Å²) in [6.07, 6.45) is 2.89. The predicted molar refractivity (Wildman–Crippen MR) is 79.2 cm³/mol. The van der Waals surface area contributed by atoms with E-state index in [2.05, 4.69) is 22.3 Å². The van der Waals surface area contributed by atoms with Gasteiger partial charge in [0, 0.05) is 25.0 Å². The number of sulfone groups is 1. The molecule has 1 aliphatic heterocycles. The van der Waals surface area contributed by atoms with Crippen LogP contribution in [0.1, 0.15) is 12.8 Å².